The first-order valence-corrected chi connectivity index (χ1v) is 6.81. The smallest absolute Gasteiger partial charge is 0.205 e. The molecule has 0 aliphatic carbocycles. The Bertz CT molecular complexity index is 505. The topological polar surface area (TPSA) is 45.8 Å². The van der Waals surface area contributed by atoms with Crippen LogP contribution in [-0.2, 0) is 0 Å². The van der Waals surface area contributed by atoms with Crippen molar-refractivity contribution in [1.29, 1.82) is 0 Å². The zero-order valence-electron chi connectivity index (χ0n) is 11.5. The second-order valence-electron chi connectivity index (χ2n) is 5.01. The van der Waals surface area contributed by atoms with Crippen molar-refractivity contribution in [3.8, 4) is 0 Å². The average Bonchev–Trinajstić information content (AvgIpc) is 2.99. The zero-order chi connectivity index (χ0) is 13.7. The summed E-state index contributed by atoms with van der Waals surface area (Å²) in [7, 11) is 0. The number of H-pyrrole nitrogens is 1. The molecule has 0 radical (unpaired) electrons. The molecule has 2 aromatic rings. The quantitative estimate of drug-likeness (QED) is 0.799. The highest BCUT2D eigenvalue weighted by atomic mass is 16.1. The minimum Gasteiger partial charge on any atom is -0.342 e. The SMILES string of the molecule is CCC(C)CC(C(=O)c1ncc[nH]1)c1ccccc1. The van der Waals surface area contributed by atoms with Gasteiger partial charge in [0.15, 0.2) is 5.82 Å². The molecule has 1 heterocycles. The van der Waals surface area contributed by atoms with Crippen molar-refractivity contribution in [3.63, 3.8) is 0 Å². The van der Waals surface area contributed by atoms with E-state index >= 15 is 0 Å². The van der Waals surface area contributed by atoms with Crippen LogP contribution < -0.4 is 0 Å². The maximum Gasteiger partial charge on any atom is 0.205 e. The molecule has 0 saturated heterocycles. The van der Waals surface area contributed by atoms with E-state index in [2.05, 4.69) is 23.8 Å². The summed E-state index contributed by atoms with van der Waals surface area (Å²) in [6, 6.07) is 9.98. The maximum atomic E-state index is 12.6. The molecule has 1 aromatic heterocycles. The lowest BCUT2D eigenvalue weighted by Gasteiger charge is -2.18. The summed E-state index contributed by atoms with van der Waals surface area (Å²) < 4.78 is 0. The summed E-state index contributed by atoms with van der Waals surface area (Å²) >= 11 is 0. The van der Waals surface area contributed by atoms with Crippen LogP contribution >= 0.6 is 0 Å². The highest BCUT2D eigenvalue weighted by Crippen LogP contribution is 2.28. The van der Waals surface area contributed by atoms with Gasteiger partial charge in [0.25, 0.3) is 0 Å². The van der Waals surface area contributed by atoms with Gasteiger partial charge in [-0.25, -0.2) is 4.98 Å². The monoisotopic (exact) mass is 256 g/mol. The van der Waals surface area contributed by atoms with E-state index in [-0.39, 0.29) is 11.7 Å². The number of hydrogen-bond acceptors (Lipinski definition) is 2. The van der Waals surface area contributed by atoms with Crippen molar-refractivity contribution in [2.24, 2.45) is 5.92 Å². The molecule has 2 rings (SSSR count). The fourth-order valence-corrected chi connectivity index (χ4v) is 2.21. The zero-order valence-corrected chi connectivity index (χ0v) is 11.5. The number of aromatic amines is 1. The number of benzene rings is 1. The Hall–Kier alpha value is -1.90. The molecule has 3 heteroatoms. The number of carbonyl (C=O) groups is 1. The van der Waals surface area contributed by atoms with E-state index < -0.39 is 0 Å². The molecule has 0 amide bonds. The molecule has 0 saturated carbocycles. The lowest BCUT2D eigenvalue weighted by atomic mass is 9.85. The standard InChI is InChI=1S/C16H20N2O/c1-3-12(2)11-14(13-7-5-4-6-8-13)15(19)16-17-9-10-18-16/h4-10,12,14H,3,11H2,1-2H3,(H,17,18). The first-order valence-electron chi connectivity index (χ1n) is 6.81. The minimum absolute atomic E-state index is 0.0801. The van der Waals surface area contributed by atoms with Crippen molar-refractivity contribution in [2.45, 2.75) is 32.6 Å². The van der Waals surface area contributed by atoms with Crippen molar-refractivity contribution in [3.05, 3.63) is 54.1 Å². The lowest BCUT2D eigenvalue weighted by Crippen LogP contribution is -2.17. The fourth-order valence-electron chi connectivity index (χ4n) is 2.21. The summed E-state index contributed by atoms with van der Waals surface area (Å²) in [6.45, 7) is 4.34. The third kappa shape index (κ3) is 3.31. The van der Waals surface area contributed by atoms with Crippen molar-refractivity contribution in [1.82, 2.24) is 9.97 Å². The van der Waals surface area contributed by atoms with E-state index in [1.54, 1.807) is 12.4 Å². The van der Waals surface area contributed by atoms with Crippen molar-refractivity contribution in [2.75, 3.05) is 0 Å². The van der Waals surface area contributed by atoms with Crippen LogP contribution in [0.3, 0.4) is 0 Å². The fraction of sp³-hybridized carbons (Fsp3) is 0.375. The molecule has 0 aliphatic heterocycles. The second kappa shape index (κ2) is 6.32. The summed E-state index contributed by atoms with van der Waals surface area (Å²) in [5.74, 6) is 0.945. The number of Topliss-reactive ketones (excluding diaryl/α,β-unsaturated/α-hetero) is 1. The first kappa shape index (κ1) is 13.5. The van der Waals surface area contributed by atoms with Gasteiger partial charge in [-0.15, -0.1) is 0 Å². The normalized spacial score (nSPS) is 14.0. The van der Waals surface area contributed by atoms with Crippen LogP contribution in [0.15, 0.2) is 42.7 Å². The van der Waals surface area contributed by atoms with Crippen LogP contribution in [0.1, 0.15) is 48.8 Å². The Morgan fingerprint density at radius 1 is 1.32 bits per heavy atom. The Morgan fingerprint density at radius 2 is 2.05 bits per heavy atom. The van der Waals surface area contributed by atoms with Crippen LogP contribution in [-0.4, -0.2) is 15.8 Å². The van der Waals surface area contributed by atoms with Gasteiger partial charge in [-0.1, -0.05) is 50.6 Å². The van der Waals surface area contributed by atoms with Gasteiger partial charge < -0.3 is 4.98 Å². The van der Waals surface area contributed by atoms with E-state index in [1.165, 1.54) is 0 Å². The van der Waals surface area contributed by atoms with Crippen molar-refractivity contribution < 1.29 is 4.79 Å². The molecule has 0 aliphatic rings. The van der Waals surface area contributed by atoms with Crippen LogP contribution in [0.5, 0.6) is 0 Å². The number of ketones is 1. The molecule has 0 bridgehead atoms. The largest absolute Gasteiger partial charge is 0.342 e. The summed E-state index contributed by atoms with van der Waals surface area (Å²) in [4.78, 5) is 19.6. The molecule has 3 nitrogen and oxygen atoms in total. The van der Waals surface area contributed by atoms with Gasteiger partial charge in [-0.3, -0.25) is 4.79 Å². The van der Waals surface area contributed by atoms with E-state index in [4.69, 9.17) is 0 Å². The number of hydrogen-bond donors (Lipinski definition) is 1. The van der Waals surface area contributed by atoms with Gasteiger partial charge in [-0.2, -0.15) is 0 Å². The third-order valence-electron chi connectivity index (χ3n) is 3.59. The molecular weight excluding hydrogens is 236 g/mol. The molecule has 0 fully saturated rings. The number of nitrogens with zero attached hydrogens (tertiary/aromatic N) is 1. The predicted octanol–water partition coefficient (Wildman–Crippen LogP) is 3.81. The molecule has 1 N–H and O–H groups in total. The molecule has 2 atom stereocenters. The predicted molar refractivity (Wildman–Crippen MR) is 76.2 cm³/mol. The first-order chi connectivity index (χ1) is 9.22. The number of imidazole rings is 1. The average molecular weight is 256 g/mol. The van der Waals surface area contributed by atoms with Gasteiger partial charge in [0.2, 0.25) is 5.78 Å². The van der Waals surface area contributed by atoms with Gasteiger partial charge >= 0.3 is 0 Å². The number of rotatable bonds is 6. The number of carbonyl (C=O) groups excluding carboxylic acids is 1. The molecular formula is C16H20N2O. The van der Waals surface area contributed by atoms with E-state index in [9.17, 15) is 4.79 Å². The Kier molecular flexibility index (Phi) is 4.50. The van der Waals surface area contributed by atoms with E-state index in [1.807, 2.05) is 30.3 Å². The van der Waals surface area contributed by atoms with Crippen LogP contribution in [0.4, 0.5) is 0 Å². The third-order valence-corrected chi connectivity index (χ3v) is 3.59. The molecule has 1 aromatic carbocycles. The minimum atomic E-state index is -0.109. The highest BCUT2D eigenvalue weighted by molar-refractivity contribution is 5.97. The summed E-state index contributed by atoms with van der Waals surface area (Å²) in [5.41, 5.74) is 1.07. The number of nitrogens with one attached hydrogen (secondary N) is 1. The lowest BCUT2D eigenvalue weighted by molar-refractivity contribution is 0.0938. The van der Waals surface area contributed by atoms with Gasteiger partial charge in [0.05, 0.1) is 5.92 Å². The molecule has 2 unspecified atom stereocenters. The van der Waals surface area contributed by atoms with Gasteiger partial charge in [0, 0.05) is 12.4 Å². The van der Waals surface area contributed by atoms with E-state index in [0.717, 1.165) is 18.4 Å². The number of aromatic nitrogens is 2. The van der Waals surface area contributed by atoms with E-state index in [0.29, 0.717) is 11.7 Å². The Labute approximate surface area is 114 Å². The van der Waals surface area contributed by atoms with Gasteiger partial charge in [-0.05, 0) is 17.9 Å². The Morgan fingerprint density at radius 3 is 2.63 bits per heavy atom. The summed E-state index contributed by atoms with van der Waals surface area (Å²) in [5, 5.41) is 0. The van der Waals surface area contributed by atoms with Gasteiger partial charge in [0.1, 0.15) is 0 Å². The van der Waals surface area contributed by atoms with Crippen LogP contribution in [0, 0.1) is 5.92 Å². The second-order valence-corrected chi connectivity index (χ2v) is 5.01. The molecule has 19 heavy (non-hydrogen) atoms. The van der Waals surface area contributed by atoms with Crippen molar-refractivity contribution >= 4 is 5.78 Å². The maximum absolute atomic E-state index is 12.6. The summed E-state index contributed by atoms with van der Waals surface area (Å²) in [6.07, 6.45) is 5.26. The molecule has 0 spiro atoms. The highest BCUT2D eigenvalue weighted by Gasteiger charge is 2.25. The van der Waals surface area contributed by atoms with Crippen LogP contribution in [0.2, 0.25) is 0 Å². The van der Waals surface area contributed by atoms with Crippen LogP contribution in [0.25, 0.3) is 0 Å². The molecule has 100 valence electrons. The Balaban J connectivity index is 2.27.